The van der Waals surface area contributed by atoms with Crippen molar-refractivity contribution < 1.29 is 19.4 Å². The van der Waals surface area contributed by atoms with E-state index >= 15 is 0 Å². The molecule has 0 amide bonds. The van der Waals surface area contributed by atoms with Gasteiger partial charge in [0.15, 0.2) is 0 Å². The second-order valence-corrected chi connectivity index (χ2v) is 7.75. The lowest BCUT2D eigenvalue weighted by atomic mass is 10.0. The van der Waals surface area contributed by atoms with Crippen molar-refractivity contribution in [2.24, 2.45) is 0 Å². The van der Waals surface area contributed by atoms with Crippen LogP contribution >= 0.6 is 24.4 Å². The second-order valence-electron chi connectivity index (χ2n) is 6.25. The maximum absolute atomic E-state index is 12.6. The molecule has 0 bridgehead atoms. The fraction of sp³-hybridized carbons (Fsp3) is 0. The van der Waals surface area contributed by atoms with E-state index in [0.717, 1.165) is 11.8 Å². The van der Waals surface area contributed by atoms with Crippen LogP contribution in [0.5, 0.6) is 11.5 Å². The molecule has 144 valence electrons. The summed E-state index contributed by atoms with van der Waals surface area (Å²) in [5.74, 6) is 0.512. The maximum Gasteiger partial charge on any atom is 0.344 e. The van der Waals surface area contributed by atoms with Gasteiger partial charge in [-0.2, -0.15) is 0 Å². The van der Waals surface area contributed by atoms with Crippen LogP contribution in [0.15, 0.2) is 85.7 Å². The Morgan fingerprint density at radius 1 is 0.897 bits per heavy atom. The average Bonchev–Trinajstić information content (AvgIpc) is 2.93. The Hall–Kier alpha value is -3.16. The number of thiol groups is 1. The molecule has 1 heterocycles. The largest absolute Gasteiger partial charge is 0.508 e. The van der Waals surface area contributed by atoms with Crippen LogP contribution in [-0.2, 0) is 0 Å². The number of aromatic hydroxyl groups is 2. The van der Waals surface area contributed by atoms with Crippen LogP contribution in [0, 0.1) is 0 Å². The Morgan fingerprint density at radius 3 is 2.17 bits per heavy atom. The second kappa shape index (κ2) is 7.69. The van der Waals surface area contributed by atoms with Gasteiger partial charge in [0.2, 0.25) is 5.12 Å². The van der Waals surface area contributed by atoms with E-state index in [-0.39, 0.29) is 16.6 Å². The summed E-state index contributed by atoms with van der Waals surface area (Å²) in [5.41, 5.74) is 1.51. The third-order valence-electron chi connectivity index (χ3n) is 4.33. The number of hydrogen-bond donors (Lipinski definition) is 3. The van der Waals surface area contributed by atoms with Gasteiger partial charge in [0.05, 0.1) is 5.56 Å². The monoisotopic (exact) mass is 422 g/mol. The predicted octanol–water partition coefficient (Wildman–Crippen LogP) is 5.04. The highest BCUT2D eigenvalue weighted by Gasteiger charge is 2.20. The molecule has 0 spiro atoms. The van der Waals surface area contributed by atoms with Gasteiger partial charge in [0.25, 0.3) is 0 Å². The van der Waals surface area contributed by atoms with Crippen molar-refractivity contribution in [1.82, 2.24) is 0 Å². The summed E-state index contributed by atoms with van der Waals surface area (Å²) < 4.78 is 5.43. The van der Waals surface area contributed by atoms with Gasteiger partial charge in [-0.05, 0) is 71.9 Å². The number of phenols is 2. The first kappa shape index (κ1) is 19.2. The molecule has 4 rings (SSSR count). The minimum absolute atomic E-state index is 0.0783. The third kappa shape index (κ3) is 3.87. The summed E-state index contributed by atoms with van der Waals surface area (Å²) in [6.45, 7) is 0. The molecule has 5 nitrogen and oxygen atoms in total. The molecule has 0 unspecified atom stereocenters. The molecule has 2 N–H and O–H groups in total. The van der Waals surface area contributed by atoms with Crippen molar-refractivity contribution in [3.05, 3.63) is 82.7 Å². The zero-order chi connectivity index (χ0) is 20.5. The molecule has 2 aromatic rings. The summed E-state index contributed by atoms with van der Waals surface area (Å²) in [5, 5.41) is 18.6. The minimum Gasteiger partial charge on any atom is -0.508 e. The fourth-order valence-electron chi connectivity index (χ4n) is 2.89. The molecule has 0 fully saturated rings. The van der Waals surface area contributed by atoms with Gasteiger partial charge in [-0.1, -0.05) is 12.1 Å². The average molecular weight is 422 g/mol. The quantitative estimate of drug-likeness (QED) is 0.317. The summed E-state index contributed by atoms with van der Waals surface area (Å²) in [6.07, 6.45) is 0. The van der Waals surface area contributed by atoms with E-state index in [4.69, 9.17) is 4.42 Å². The maximum atomic E-state index is 12.6. The Kier molecular flexibility index (Phi) is 5.08. The predicted molar refractivity (Wildman–Crippen MR) is 114 cm³/mol. The molecular weight excluding hydrogens is 408 g/mol. The minimum atomic E-state index is -0.501. The molecule has 1 aliphatic heterocycles. The van der Waals surface area contributed by atoms with E-state index in [9.17, 15) is 19.8 Å². The van der Waals surface area contributed by atoms with Crippen LogP contribution in [0.2, 0.25) is 0 Å². The number of carbonyl (C=O) groups excluding carboxylic acids is 1. The summed E-state index contributed by atoms with van der Waals surface area (Å²) >= 11 is 5.42. The lowest BCUT2D eigenvalue weighted by Gasteiger charge is -2.02. The number of fused-ring (bicyclic) bond motifs is 1. The van der Waals surface area contributed by atoms with E-state index in [2.05, 4.69) is 12.6 Å². The molecule has 7 heteroatoms. The number of thioether (sulfide) groups is 1. The molecular formula is C22H14O5S2. The van der Waals surface area contributed by atoms with Crippen molar-refractivity contribution in [3.8, 4) is 33.9 Å². The van der Waals surface area contributed by atoms with E-state index in [1.165, 1.54) is 36.4 Å². The van der Waals surface area contributed by atoms with Gasteiger partial charge in [0.1, 0.15) is 17.3 Å². The first-order chi connectivity index (χ1) is 13.9. The highest BCUT2D eigenvalue weighted by atomic mass is 32.2. The summed E-state index contributed by atoms with van der Waals surface area (Å²) in [6, 6.07) is 17.3. The van der Waals surface area contributed by atoms with Crippen molar-refractivity contribution in [3.63, 3.8) is 0 Å². The standard InChI is InChI=1S/C22H14O5S2/c23-14-5-1-12(2-6-14)20-16-9-10-18(28)19(11-17(16)27-21(20)25)29-22(26)13-3-7-15(24)8-4-13/h1-11,23-24,28H. The van der Waals surface area contributed by atoms with Crippen LogP contribution in [0.3, 0.4) is 0 Å². The molecule has 2 aromatic carbocycles. The van der Waals surface area contributed by atoms with E-state index in [0.29, 0.717) is 37.8 Å². The van der Waals surface area contributed by atoms with Crippen molar-refractivity contribution in [2.75, 3.05) is 0 Å². The van der Waals surface area contributed by atoms with Gasteiger partial charge in [-0.3, -0.25) is 4.79 Å². The van der Waals surface area contributed by atoms with Gasteiger partial charge >= 0.3 is 5.63 Å². The van der Waals surface area contributed by atoms with Gasteiger partial charge in [0, 0.05) is 20.9 Å². The molecule has 0 saturated carbocycles. The van der Waals surface area contributed by atoms with Gasteiger partial charge in [-0.25, -0.2) is 4.79 Å². The first-order valence-corrected chi connectivity index (χ1v) is 9.79. The zero-order valence-electron chi connectivity index (χ0n) is 14.8. The van der Waals surface area contributed by atoms with Crippen LogP contribution in [0.25, 0.3) is 22.5 Å². The number of rotatable bonds is 3. The highest BCUT2D eigenvalue weighted by Crippen LogP contribution is 2.37. The van der Waals surface area contributed by atoms with Crippen LogP contribution in [0.4, 0.5) is 0 Å². The number of carbonyl (C=O) groups is 1. The molecule has 1 aliphatic carbocycles. The Bertz CT molecular complexity index is 1230. The Labute approximate surface area is 175 Å². The fourth-order valence-corrected chi connectivity index (χ4v) is 3.96. The summed E-state index contributed by atoms with van der Waals surface area (Å²) in [7, 11) is 0. The molecule has 29 heavy (non-hydrogen) atoms. The first-order valence-electron chi connectivity index (χ1n) is 8.53. The highest BCUT2D eigenvalue weighted by molar-refractivity contribution is 8.14. The van der Waals surface area contributed by atoms with Gasteiger partial charge < -0.3 is 14.6 Å². The number of benzene rings is 2. The van der Waals surface area contributed by atoms with Crippen molar-refractivity contribution in [1.29, 1.82) is 0 Å². The van der Waals surface area contributed by atoms with Gasteiger partial charge in [-0.15, -0.1) is 12.6 Å². The SMILES string of the molecule is O=C(Sc1cc2oc(=O)c(-c3ccc(O)cc3)c-2ccc1S)c1ccc(O)cc1. The summed E-state index contributed by atoms with van der Waals surface area (Å²) in [4.78, 5) is 26.1. The topological polar surface area (TPSA) is 87.7 Å². The molecule has 0 saturated heterocycles. The molecule has 2 aliphatic rings. The Morgan fingerprint density at radius 2 is 1.52 bits per heavy atom. The third-order valence-corrected chi connectivity index (χ3v) is 5.85. The number of hydrogen-bond acceptors (Lipinski definition) is 7. The molecule has 0 aromatic heterocycles. The van der Waals surface area contributed by atoms with E-state index in [1.807, 2.05) is 0 Å². The van der Waals surface area contributed by atoms with E-state index in [1.54, 1.807) is 30.3 Å². The Balaban J connectivity index is 1.74. The van der Waals surface area contributed by atoms with Crippen LogP contribution in [0.1, 0.15) is 10.4 Å². The lowest BCUT2D eigenvalue weighted by Crippen LogP contribution is -1.95. The van der Waals surface area contributed by atoms with Crippen molar-refractivity contribution in [2.45, 2.75) is 9.79 Å². The van der Waals surface area contributed by atoms with Crippen LogP contribution < -0.4 is 5.63 Å². The smallest absolute Gasteiger partial charge is 0.344 e. The normalized spacial score (nSPS) is 10.9. The molecule has 0 atom stereocenters. The van der Waals surface area contributed by atoms with E-state index < -0.39 is 5.63 Å². The number of phenolic OH excluding ortho intramolecular Hbond substituents is 2. The zero-order valence-corrected chi connectivity index (χ0v) is 16.5. The van der Waals surface area contributed by atoms with Crippen LogP contribution in [-0.4, -0.2) is 15.3 Å². The molecule has 0 radical (unpaired) electrons. The van der Waals surface area contributed by atoms with Crippen molar-refractivity contribution >= 4 is 29.5 Å². The number of furan rings is 1. The lowest BCUT2D eigenvalue weighted by molar-refractivity contribution is 0.108.